The van der Waals surface area contributed by atoms with Gasteiger partial charge in [-0.05, 0) is 30.8 Å². The Bertz CT molecular complexity index is 744. The molecule has 2 aromatic heterocycles. The fourth-order valence-electron chi connectivity index (χ4n) is 2.47. The van der Waals surface area contributed by atoms with Crippen LogP contribution < -0.4 is 5.32 Å². The zero-order valence-electron chi connectivity index (χ0n) is 12.2. The lowest BCUT2D eigenvalue weighted by molar-refractivity contribution is 0.389. The Morgan fingerprint density at radius 1 is 1.10 bits per heavy atom. The van der Waals surface area contributed by atoms with Crippen molar-refractivity contribution in [1.29, 1.82) is 0 Å². The highest BCUT2D eigenvalue weighted by atomic mass is 35.5. The molecule has 1 unspecified atom stereocenters. The van der Waals surface area contributed by atoms with Gasteiger partial charge in [-0.2, -0.15) is 0 Å². The molecule has 0 bridgehead atoms. The van der Waals surface area contributed by atoms with Gasteiger partial charge in [0.25, 0.3) is 0 Å². The first-order chi connectivity index (χ1) is 10.2. The summed E-state index contributed by atoms with van der Waals surface area (Å²) in [5.41, 5.74) is 0.722. The lowest BCUT2D eigenvalue weighted by Crippen LogP contribution is -2.20. The Morgan fingerprint density at radius 3 is 2.62 bits per heavy atom. The molecular formula is C17H18ClNO2. The van der Waals surface area contributed by atoms with E-state index in [-0.39, 0.29) is 6.04 Å². The molecule has 0 aliphatic carbocycles. The van der Waals surface area contributed by atoms with Gasteiger partial charge in [0, 0.05) is 11.8 Å². The van der Waals surface area contributed by atoms with Crippen LogP contribution in [0.1, 0.15) is 37.2 Å². The Morgan fingerprint density at radius 2 is 1.95 bits per heavy atom. The molecule has 21 heavy (non-hydrogen) atoms. The molecule has 110 valence electrons. The summed E-state index contributed by atoms with van der Waals surface area (Å²) in [4.78, 5) is 0. The van der Waals surface area contributed by atoms with Crippen molar-refractivity contribution in [2.75, 3.05) is 6.54 Å². The molecule has 3 nitrogen and oxygen atoms in total. The predicted molar refractivity (Wildman–Crippen MR) is 84.8 cm³/mol. The fraction of sp³-hybridized carbons (Fsp3) is 0.294. The fourth-order valence-corrected chi connectivity index (χ4v) is 2.70. The van der Waals surface area contributed by atoms with Crippen molar-refractivity contribution in [3.05, 3.63) is 58.7 Å². The van der Waals surface area contributed by atoms with Crippen LogP contribution in [-0.4, -0.2) is 6.54 Å². The molecular weight excluding hydrogens is 286 g/mol. The highest BCUT2D eigenvalue weighted by Gasteiger charge is 2.21. The molecule has 3 rings (SSSR count). The average molecular weight is 304 g/mol. The van der Waals surface area contributed by atoms with E-state index >= 15 is 0 Å². The van der Waals surface area contributed by atoms with Gasteiger partial charge in [0.1, 0.15) is 23.3 Å². The number of rotatable bonds is 5. The van der Waals surface area contributed by atoms with Crippen LogP contribution in [-0.2, 0) is 6.42 Å². The number of hydrogen-bond donors (Lipinski definition) is 1. The predicted octanol–water partition coefficient (Wildman–Crippen LogP) is 4.94. The lowest BCUT2D eigenvalue weighted by Gasteiger charge is -2.12. The van der Waals surface area contributed by atoms with Crippen LogP contribution in [0.2, 0.25) is 5.02 Å². The van der Waals surface area contributed by atoms with Gasteiger partial charge < -0.3 is 14.2 Å². The maximum absolute atomic E-state index is 6.19. The van der Waals surface area contributed by atoms with E-state index in [1.165, 1.54) is 0 Å². The average Bonchev–Trinajstić information content (AvgIpc) is 3.12. The van der Waals surface area contributed by atoms with Crippen molar-refractivity contribution in [3.8, 4) is 0 Å². The molecule has 0 saturated heterocycles. The minimum Gasteiger partial charge on any atom is -0.464 e. The molecule has 4 heteroatoms. The van der Waals surface area contributed by atoms with E-state index < -0.39 is 0 Å². The summed E-state index contributed by atoms with van der Waals surface area (Å²) in [6, 6.07) is 11.7. The number of aryl methyl sites for hydroxylation is 1. The van der Waals surface area contributed by atoms with Gasteiger partial charge in [-0.25, -0.2) is 0 Å². The molecule has 0 radical (unpaired) electrons. The zero-order valence-corrected chi connectivity index (χ0v) is 12.9. The first-order valence-electron chi connectivity index (χ1n) is 7.22. The van der Waals surface area contributed by atoms with Crippen LogP contribution >= 0.6 is 11.6 Å². The third kappa shape index (κ3) is 2.71. The summed E-state index contributed by atoms with van der Waals surface area (Å²) in [6.07, 6.45) is 0.880. The van der Waals surface area contributed by atoms with Crippen molar-refractivity contribution in [2.24, 2.45) is 0 Å². The SMILES string of the molecule is CCNC(c1ccc(CC)o1)c1cc2cccc(Cl)c2o1. The van der Waals surface area contributed by atoms with E-state index in [9.17, 15) is 0 Å². The molecule has 0 fully saturated rings. The number of para-hydroxylation sites is 1. The van der Waals surface area contributed by atoms with Crippen molar-refractivity contribution >= 4 is 22.6 Å². The van der Waals surface area contributed by atoms with E-state index in [0.29, 0.717) is 5.02 Å². The Balaban J connectivity index is 2.04. The van der Waals surface area contributed by atoms with Gasteiger partial charge >= 0.3 is 0 Å². The summed E-state index contributed by atoms with van der Waals surface area (Å²) in [7, 11) is 0. The quantitative estimate of drug-likeness (QED) is 0.725. The molecule has 3 aromatic rings. The van der Waals surface area contributed by atoms with Crippen LogP contribution in [0.3, 0.4) is 0 Å². The third-order valence-corrected chi connectivity index (χ3v) is 3.82. The topological polar surface area (TPSA) is 38.3 Å². The second-order valence-corrected chi connectivity index (χ2v) is 5.36. The van der Waals surface area contributed by atoms with Crippen LogP contribution in [0, 0.1) is 0 Å². The highest BCUT2D eigenvalue weighted by Crippen LogP contribution is 2.32. The van der Waals surface area contributed by atoms with Crippen molar-refractivity contribution < 1.29 is 8.83 Å². The van der Waals surface area contributed by atoms with Crippen LogP contribution in [0.5, 0.6) is 0 Å². The summed E-state index contributed by atoms with van der Waals surface area (Å²) in [5.74, 6) is 2.66. The molecule has 0 amide bonds. The van der Waals surface area contributed by atoms with E-state index in [1.54, 1.807) is 0 Å². The second kappa shape index (κ2) is 5.96. The maximum atomic E-state index is 6.19. The van der Waals surface area contributed by atoms with Crippen LogP contribution in [0.15, 0.2) is 45.2 Å². The molecule has 1 aromatic carbocycles. The molecule has 0 saturated carbocycles. The standard InChI is InChI=1S/C17H18ClNO2/c1-3-12-8-9-14(20-12)16(19-4-2)15-10-11-6-5-7-13(18)17(11)21-15/h5-10,16,19H,3-4H2,1-2H3. The lowest BCUT2D eigenvalue weighted by atomic mass is 10.1. The van der Waals surface area contributed by atoms with E-state index in [0.717, 1.165) is 41.2 Å². The molecule has 1 atom stereocenters. The smallest absolute Gasteiger partial charge is 0.152 e. The molecule has 0 aliphatic rings. The number of nitrogens with one attached hydrogen (secondary N) is 1. The number of fused-ring (bicyclic) bond motifs is 1. The number of benzene rings is 1. The highest BCUT2D eigenvalue weighted by molar-refractivity contribution is 6.34. The zero-order chi connectivity index (χ0) is 14.8. The van der Waals surface area contributed by atoms with Crippen molar-refractivity contribution in [2.45, 2.75) is 26.3 Å². The number of halogens is 1. The van der Waals surface area contributed by atoms with E-state index in [1.807, 2.05) is 36.4 Å². The van der Waals surface area contributed by atoms with Crippen molar-refractivity contribution in [3.63, 3.8) is 0 Å². The van der Waals surface area contributed by atoms with Gasteiger partial charge in [-0.15, -0.1) is 0 Å². The molecule has 0 aliphatic heterocycles. The Kier molecular flexibility index (Phi) is 4.04. The Hall–Kier alpha value is -1.71. The van der Waals surface area contributed by atoms with Gasteiger partial charge in [0.15, 0.2) is 5.58 Å². The summed E-state index contributed by atoms with van der Waals surface area (Å²) in [6.45, 7) is 4.95. The largest absolute Gasteiger partial charge is 0.464 e. The monoisotopic (exact) mass is 303 g/mol. The second-order valence-electron chi connectivity index (χ2n) is 4.96. The normalized spacial score (nSPS) is 12.9. The maximum Gasteiger partial charge on any atom is 0.152 e. The summed E-state index contributed by atoms with van der Waals surface area (Å²) < 4.78 is 11.8. The van der Waals surface area contributed by atoms with Crippen molar-refractivity contribution in [1.82, 2.24) is 5.32 Å². The first-order valence-corrected chi connectivity index (χ1v) is 7.60. The Labute approximate surface area is 128 Å². The van der Waals surface area contributed by atoms with Gasteiger partial charge in [-0.3, -0.25) is 0 Å². The number of hydrogen-bond acceptors (Lipinski definition) is 3. The van der Waals surface area contributed by atoms with E-state index in [2.05, 4.69) is 19.2 Å². The number of furan rings is 2. The van der Waals surface area contributed by atoms with Crippen LogP contribution in [0.25, 0.3) is 11.0 Å². The minimum atomic E-state index is -0.0984. The van der Waals surface area contributed by atoms with Crippen LogP contribution in [0.4, 0.5) is 0 Å². The van der Waals surface area contributed by atoms with Gasteiger partial charge in [0.05, 0.1) is 5.02 Å². The molecule has 2 heterocycles. The summed E-state index contributed by atoms with van der Waals surface area (Å²) in [5, 5.41) is 5.03. The van der Waals surface area contributed by atoms with Gasteiger partial charge in [-0.1, -0.05) is 37.6 Å². The van der Waals surface area contributed by atoms with E-state index in [4.69, 9.17) is 20.4 Å². The molecule has 1 N–H and O–H groups in total. The van der Waals surface area contributed by atoms with Gasteiger partial charge in [0.2, 0.25) is 0 Å². The summed E-state index contributed by atoms with van der Waals surface area (Å²) >= 11 is 6.19. The molecule has 0 spiro atoms. The minimum absolute atomic E-state index is 0.0984. The first kappa shape index (κ1) is 14.2. The third-order valence-electron chi connectivity index (χ3n) is 3.52.